The fraction of sp³-hybridized carbons (Fsp3) is 1.00. The largest absolute Gasteiger partial charge is 0.317 e. The number of hydrogen-bond donors (Lipinski definition) is 1. The van der Waals surface area contributed by atoms with Gasteiger partial charge in [-0.1, -0.05) is 0 Å². The maximum atomic E-state index is 7.01. The summed E-state index contributed by atoms with van der Waals surface area (Å²) in [7, 11) is 0. The zero-order valence-corrected chi connectivity index (χ0v) is 6.53. The van der Waals surface area contributed by atoms with Crippen molar-refractivity contribution in [1.82, 2.24) is 11.1 Å². The third-order valence-corrected chi connectivity index (χ3v) is 2.25. The van der Waals surface area contributed by atoms with Crippen LogP contribution in [0.5, 0.6) is 0 Å². The van der Waals surface area contributed by atoms with Gasteiger partial charge in [0.2, 0.25) is 0 Å². The van der Waals surface area contributed by atoms with Crippen LogP contribution in [0.3, 0.4) is 0 Å². The molecule has 0 amide bonds. The smallest absolute Gasteiger partial charge is 0.00998 e. The SMILES string of the molecule is [NH]CCCC1CCNCC1. The normalized spacial score (nSPS) is 21.3. The quantitative estimate of drug-likeness (QED) is 0.626. The van der Waals surface area contributed by atoms with Crippen molar-refractivity contribution in [2.75, 3.05) is 19.6 Å². The number of piperidine rings is 1. The van der Waals surface area contributed by atoms with Crippen LogP contribution in [0.25, 0.3) is 0 Å². The average molecular weight is 141 g/mol. The van der Waals surface area contributed by atoms with Gasteiger partial charge >= 0.3 is 0 Å². The fourth-order valence-corrected chi connectivity index (χ4v) is 1.56. The van der Waals surface area contributed by atoms with E-state index in [-0.39, 0.29) is 0 Å². The van der Waals surface area contributed by atoms with Crippen LogP contribution in [0, 0.1) is 5.92 Å². The van der Waals surface area contributed by atoms with Gasteiger partial charge in [-0.2, -0.15) is 0 Å². The molecule has 1 aliphatic rings. The zero-order valence-electron chi connectivity index (χ0n) is 6.53. The molecule has 1 aliphatic heterocycles. The van der Waals surface area contributed by atoms with Crippen LogP contribution in [-0.2, 0) is 0 Å². The Morgan fingerprint density at radius 3 is 2.60 bits per heavy atom. The summed E-state index contributed by atoms with van der Waals surface area (Å²) in [5.74, 6) is 0.923. The van der Waals surface area contributed by atoms with Crippen LogP contribution in [0.4, 0.5) is 0 Å². The summed E-state index contributed by atoms with van der Waals surface area (Å²) < 4.78 is 0. The molecule has 0 aromatic heterocycles. The van der Waals surface area contributed by atoms with Crippen LogP contribution in [0.1, 0.15) is 25.7 Å². The van der Waals surface area contributed by atoms with Crippen LogP contribution in [0.15, 0.2) is 0 Å². The van der Waals surface area contributed by atoms with Crippen molar-refractivity contribution in [3.8, 4) is 0 Å². The summed E-state index contributed by atoms with van der Waals surface area (Å²) >= 11 is 0. The Bertz CT molecular complexity index is 77.3. The second-order valence-electron chi connectivity index (χ2n) is 3.09. The minimum atomic E-state index is 0.615. The lowest BCUT2D eigenvalue weighted by Gasteiger charge is -2.21. The van der Waals surface area contributed by atoms with Crippen molar-refractivity contribution in [3.63, 3.8) is 0 Å². The van der Waals surface area contributed by atoms with E-state index in [1.54, 1.807) is 0 Å². The van der Waals surface area contributed by atoms with Gasteiger partial charge in [0.1, 0.15) is 0 Å². The molecule has 2 heteroatoms. The predicted molar refractivity (Wildman–Crippen MR) is 42.8 cm³/mol. The van der Waals surface area contributed by atoms with Gasteiger partial charge in [0.15, 0.2) is 0 Å². The molecule has 1 saturated heterocycles. The summed E-state index contributed by atoms with van der Waals surface area (Å²) in [6.07, 6.45) is 5.05. The molecule has 1 radical (unpaired) electrons. The molecule has 0 aliphatic carbocycles. The molecule has 2 nitrogen and oxygen atoms in total. The molecule has 0 saturated carbocycles. The third kappa shape index (κ3) is 2.67. The summed E-state index contributed by atoms with van der Waals surface area (Å²) in [6.45, 7) is 3.01. The highest BCUT2D eigenvalue weighted by Crippen LogP contribution is 2.16. The van der Waals surface area contributed by atoms with Gasteiger partial charge < -0.3 is 5.32 Å². The number of rotatable bonds is 3. The standard InChI is InChI=1S/C8H17N2/c9-5-1-2-8-3-6-10-7-4-8/h8-10H,1-7H2. The molecule has 0 aromatic carbocycles. The molecular formula is C8H17N2. The minimum Gasteiger partial charge on any atom is -0.317 e. The third-order valence-electron chi connectivity index (χ3n) is 2.25. The molecule has 0 spiro atoms. The molecule has 0 unspecified atom stereocenters. The Hall–Kier alpha value is -0.0800. The molecule has 10 heavy (non-hydrogen) atoms. The zero-order chi connectivity index (χ0) is 7.23. The molecule has 59 valence electrons. The van der Waals surface area contributed by atoms with E-state index in [2.05, 4.69) is 5.32 Å². The van der Waals surface area contributed by atoms with E-state index in [9.17, 15) is 0 Å². The van der Waals surface area contributed by atoms with E-state index < -0.39 is 0 Å². The molecule has 0 bridgehead atoms. The van der Waals surface area contributed by atoms with Crippen LogP contribution >= 0.6 is 0 Å². The minimum absolute atomic E-state index is 0.615. The number of hydrogen-bond acceptors (Lipinski definition) is 1. The summed E-state index contributed by atoms with van der Waals surface area (Å²) in [6, 6.07) is 0. The highest BCUT2D eigenvalue weighted by Gasteiger charge is 2.11. The molecule has 0 aromatic rings. The van der Waals surface area contributed by atoms with Crippen molar-refractivity contribution < 1.29 is 0 Å². The van der Waals surface area contributed by atoms with E-state index in [4.69, 9.17) is 5.73 Å². The Morgan fingerprint density at radius 2 is 2.00 bits per heavy atom. The fourth-order valence-electron chi connectivity index (χ4n) is 1.56. The first-order valence-electron chi connectivity index (χ1n) is 4.29. The van der Waals surface area contributed by atoms with Crippen molar-refractivity contribution in [1.29, 1.82) is 0 Å². The van der Waals surface area contributed by atoms with E-state index in [1.807, 2.05) is 0 Å². The Kier molecular flexibility index (Phi) is 3.76. The monoisotopic (exact) mass is 141 g/mol. The lowest BCUT2D eigenvalue weighted by Crippen LogP contribution is -2.27. The average Bonchev–Trinajstić information content (AvgIpc) is 2.03. The maximum absolute atomic E-state index is 7.01. The summed E-state index contributed by atoms with van der Waals surface area (Å²) in [4.78, 5) is 0. The highest BCUT2D eigenvalue weighted by atomic mass is 14.9. The summed E-state index contributed by atoms with van der Waals surface area (Å²) in [5, 5.41) is 3.34. The van der Waals surface area contributed by atoms with Crippen LogP contribution in [0.2, 0.25) is 0 Å². The highest BCUT2D eigenvalue weighted by molar-refractivity contribution is 4.68. The van der Waals surface area contributed by atoms with Crippen molar-refractivity contribution in [2.45, 2.75) is 25.7 Å². The molecule has 2 N–H and O–H groups in total. The van der Waals surface area contributed by atoms with Gasteiger partial charge in [-0.05, 0) is 44.7 Å². The van der Waals surface area contributed by atoms with E-state index in [0.29, 0.717) is 6.54 Å². The Labute approximate surface area is 63.2 Å². The molecule has 1 fully saturated rings. The van der Waals surface area contributed by atoms with E-state index >= 15 is 0 Å². The lowest BCUT2D eigenvalue weighted by molar-refractivity contribution is 0.348. The Balaban J connectivity index is 2.02. The first kappa shape index (κ1) is 8.02. The van der Waals surface area contributed by atoms with E-state index in [1.165, 1.54) is 32.4 Å². The van der Waals surface area contributed by atoms with Crippen molar-refractivity contribution >= 4 is 0 Å². The van der Waals surface area contributed by atoms with Gasteiger partial charge in [-0.25, -0.2) is 0 Å². The van der Waals surface area contributed by atoms with Gasteiger partial charge in [0.25, 0.3) is 0 Å². The molecule has 1 rings (SSSR count). The topological polar surface area (TPSA) is 35.8 Å². The van der Waals surface area contributed by atoms with Crippen LogP contribution < -0.4 is 11.1 Å². The van der Waals surface area contributed by atoms with Gasteiger partial charge in [-0.15, -0.1) is 0 Å². The van der Waals surface area contributed by atoms with Crippen molar-refractivity contribution in [2.24, 2.45) is 5.92 Å². The van der Waals surface area contributed by atoms with Crippen molar-refractivity contribution in [3.05, 3.63) is 0 Å². The first-order chi connectivity index (χ1) is 4.93. The van der Waals surface area contributed by atoms with Gasteiger partial charge in [0.05, 0.1) is 0 Å². The second-order valence-corrected chi connectivity index (χ2v) is 3.09. The maximum Gasteiger partial charge on any atom is 0.00998 e. The second kappa shape index (κ2) is 4.69. The molecule has 1 heterocycles. The molecular weight excluding hydrogens is 124 g/mol. The molecule has 0 atom stereocenters. The summed E-state index contributed by atoms with van der Waals surface area (Å²) in [5.41, 5.74) is 7.01. The number of nitrogens with one attached hydrogen (secondary N) is 2. The Morgan fingerprint density at radius 1 is 1.30 bits per heavy atom. The first-order valence-corrected chi connectivity index (χ1v) is 4.29. The van der Waals surface area contributed by atoms with Crippen LogP contribution in [-0.4, -0.2) is 19.6 Å². The predicted octanol–water partition coefficient (Wildman–Crippen LogP) is 1.05. The van der Waals surface area contributed by atoms with Gasteiger partial charge in [-0.3, -0.25) is 5.73 Å². The van der Waals surface area contributed by atoms with E-state index in [0.717, 1.165) is 12.3 Å². The lowest BCUT2D eigenvalue weighted by atomic mass is 9.93. The van der Waals surface area contributed by atoms with Gasteiger partial charge in [0, 0.05) is 6.54 Å².